The molecule has 1 unspecified atom stereocenters. The van der Waals surface area contributed by atoms with Crippen molar-refractivity contribution in [1.29, 1.82) is 0 Å². The summed E-state index contributed by atoms with van der Waals surface area (Å²) in [5.41, 5.74) is 0.619. The summed E-state index contributed by atoms with van der Waals surface area (Å²) in [6.45, 7) is 1.62. The van der Waals surface area contributed by atoms with Crippen molar-refractivity contribution in [2.45, 2.75) is 63.6 Å². The smallest absolute Gasteiger partial charge is 0.262 e. The molecule has 3 heterocycles. The lowest BCUT2D eigenvalue weighted by Crippen LogP contribution is -2.48. The minimum absolute atomic E-state index is 0.0611. The van der Waals surface area contributed by atoms with Gasteiger partial charge in [0.2, 0.25) is 11.8 Å². The summed E-state index contributed by atoms with van der Waals surface area (Å²) in [5, 5.41) is 6.05. The summed E-state index contributed by atoms with van der Waals surface area (Å²) in [4.78, 5) is 33.4. The van der Waals surface area contributed by atoms with Crippen molar-refractivity contribution >= 4 is 28.8 Å². The normalized spacial score (nSPS) is 19.0. The molecule has 2 aliphatic carbocycles. The predicted molar refractivity (Wildman–Crippen MR) is 124 cm³/mol. The Morgan fingerprint density at radius 1 is 1.24 bits per heavy atom. The Kier molecular flexibility index (Phi) is 6.48. The van der Waals surface area contributed by atoms with Crippen LogP contribution in [0.5, 0.6) is 5.88 Å². The predicted octanol–water partition coefficient (Wildman–Crippen LogP) is 3.64. The minimum Gasteiger partial charge on any atom is -0.474 e. The van der Waals surface area contributed by atoms with Gasteiger partial charge in [0.15, 0.2) is 0 Å². The number of halogens is 1. The molecule has 1 atom stereocenters. The SMILES string of the molecule is O=C(NC(CC1CCCC1)C(=O)NC1CC1)c1ccc(CN2CCOc3ncc(F)cc32)s1. The topological polar surface area (TPSA) is 83.6 Å². The van der Waals surface area contributed by atoms with Crippen LogP contribution >= 0.6 is 11.3 Å². The van der Waals surface area contributed by atoms with Crippen molar-refractivity contribution in [3.05, 3.63) is 40.0 Å². The zero-order valence-corrected chi connectivity index (χ0v) is 19.3. The fourth-order valence-corrected chi connectivity index (χ4v) is 5.56. The van der Waals surface area contributed by atoms with Crippen LogP contribution in [0.2, 0.25) is 0 Å². The van der Waals surface area contributed by atoms with Crippen molar-refractivity contribution in [1.82, 2.24) is 15.6 Å². The van der Waals surface area contributed by atoms with E-state index in [1.165, 1.54) is 30.2 Å². The van der Waals surface area contributed by atoms with Crippen molar-refractivity contribution < 1.29 is 18.7 Å². The summed E-state index contributed by atoms with van der Waals surface area (Å²) in [5.74, 6) is 0.237. The molecule has 0 aromatic carbocycles. The second-order valence-corrected chi connectivity index (χ2v) is 10.4. The first-order chi connectivity index (χ1) is 16.0. The second kappa shape index (κ2) is 9.67. The number of rotatable bonds is 8. The fourth-order valence-electron chi connectivity index (χ4n) is 4.63. The molecule has 176 valence electrons. The van der Waals surface area contributed by atoms with Gasteiger partial charge >= 0.3 is 0 Å². The van der Waals surface area contributed by atoms with Crippen LogP contribution < -0.4 is 20.3 Å². The van der Waals surface area contributed by atoms with Gasteiger partial charge in [-0.15, -0.1) is 11.3 Å². The number of nitrogens with one attached hydrogen (secondary N) is 2. The van der Waals surface area contributed by atoms with E-state index in [0.717, 1.165) is 36.8 Å². The maximum atomic E-state index is 13.7. The highest BCUT2D eigenvalue weighted by atomic mass is 32.1. The van der Waals surface area contributed by atoms with E-state index in [-0.39, 0.29) is 17.9 Å². The van der Waals surface area contributed by atoms with Crippen molar-refractivity contribution in [2.75, 3.05) is 18.1 Å². The third-order valence-electron chi connectivity index (χ3n) is 6.56. The zero-order valence-electron chi connectivity index (χ0n) is 18.5. The Morgan fingerprint density at radius 3 is 2.85 bits per heavy atom. The zero-order chi connectivity index (χ0) is 22.8. The lowest BCUT2D eigenvalue weighted by molar-refractivity contribution is -0.123. The average Bonchev–Trinajstić information content (AvgIpc) is 3.25. The van der Waals surface area contributed by atoms with E-state index < -0.39 is 11.9 Å². The monoisotopic (exact) mass is 472 g/mol. The van der Waals surface area contributed by atoms with Crippen molar-refractivity contribution in [3.8, 4) is 5.88 Å². The van der Waals surface area contributed by atoms with Crippen LogP contribution in [0, 0.1) is 11.7 Å². The molecule has 2 saturated carbocycles. The van der Waals surface area contributed by atoms with Gasteiger partial charge in [0.1, 0.15) is 24.2 Å². The fraction of sp³-hybridized carbons (Fsp3) is 0.542. The van der Waals surface area contributed by atoms with Crippen LogP contribution in [0.4, 0.5) is 10.1 Å². The van der Waals surface area contributed by atoms with E-state index >= 15 is 0 Å². The first kappa shape index (κ1) is 22.1. The number of fused-ring (bicyclic) bond motifs is 1. The van der Waals surface area contributed by atoms with Gasteiger partial charge in [0, 0.05) is 17.0 Å². The second-order valence-electron chi connectivity index (χ2n) is 9.21. The largest absolute Gasteiger partial charge is 0.474 e. The number of ether oxygens (including phenoxy) is 1. The highest BCUT2D eigenvalue weighted by Gasteiger charge is 2.31. The number of pyridine rings is 1. The summed E-state index contributed by atoms with van der Waals surface area (Å²) < 4.78 is 19.2. The van der Waals surface area contributed by atoms with Gasteiger partial charge in [-0.05, 0) is 37.3 Å². The molecule has 2 fully saturated rings. The Bertz CT molecular complexity index is 1020. The number of anilines is 1. The van der Waals surface area contributed by atoms with Crippen molar-refractivity contribution in [2.24, 2.45) is 5.92 Å². The van der Waals surface area contributed by atoms with E-state index in [0.29, 0.717) is 48.5 Å². The van der Waals surface area contributed by atoms with E-state index in [1.54, 1.807) is 6.07 Å². The highest BCUT2D eigenvalue weighted by Crippen LogP contribution is 2.32. The first-order valence-corrected chi connectivity index (χ1v) is 12.6. The molecule has 0 radical (unpaired) electrons. The van der Waals surface area contributed by atoms with Gasteiger partial charge < -0.3 is 20.3 Å². The third kappa shape index (κ3) is 5.46. The van der Waals surface area contributed by atoms with Crippen LogP contribution in [-0.2, 0) is 11.3 Å². The van der Waals surface area contributed by atoms with E-state index in [1.807, 2.05) is 11.0 Å². The summed E-state index contributed by atoms with van der Waals surface area (Å²) in [6.07, 6.45) is 8.55. The van der Waals surface area contributed by atoms with Crippen LogP contribution in [0.1, 0.15) is 59.5 Å². The van der Waals surface area contributed by atoms with Gasteiger partial charge in [-0.2, -0.15) is 0 Å². The summed E-state index contributed by atoms with van der Waals surface area (Å²) in [6, 6.07) is 4.91. The molecule has 2 amide bonds. The molecule has 2 N–H and O–H groups in total. The first-order valence-electron chi connectivity index (χ1n) is 11.8. The van der Waals surface area contributed by atoms with E-state index in [2.05, 4.69) is 15.6 Å². The molecular weight excluding hydrogens is 443 g/mol. The minimum atomic E-state index is -0.494. The van der Waals surface area contributed by atoms with Gasteiger partial charge in [-0.1, -0.05) is 25.7 Å². The van der Waals surface area contributed by atoms with Crippen LogP contribution in [0.25, 0.3) is 0 Å². The highest BCUT2D eigenvalue weighted by molar-refractivity contribution is 7.14. The number of thiophene rings is 1. The standard InChI is InChI=1S/C24H29FN4O3S/c25-16-12-20-24(26-13-16)32-10-9-29(20)14-18-7-8-21(33-18)23(31)28-19(11-15-3-1-2-4-15)22(30)27-17-5-6-17/h7-8,12-13,15,17,19H,1-6,9-11,14H2,(H,27,30)(H,28,31). The molecule has 0 spiro atoms. The molecule has 7 nitrogen and oxygen atoms in total. The molecule has 0 bridgehead atoms. The van der Waals surface area contributed by atoms with Crippen LogP contribution in [0.15, 0.2) is 24.4 Å². The number of aromatic nitrogens is 1. The molecule has 33 heavy (non-hydrogen) atoms. The summed E-state index contributed by atoms with van der Waals surface area (Å²) >= 11 is 1.40. The maximum absolute atomic E-state index is 13.7. The number of carbonyl (C=O) groups is 2. The van der Waals surface area contributed by atoms with Crippen molar-refractivity contribution in [3.63, 3.8) is 0 Å². The maximum Gasteiger partial charge on any atom is 0.262 e. The number of amides is 2. The van der Waals surface area contributed by atoms with E-state index in [9.17, 15) is 14.0 Å². The summed E-state index contributed by atoms with van der Waals surface area (Å²) in [7, 11) is 0. The molecular formula is C24H29FN4O3S. The molecule has 2 aromatic rings. The van der Waals surface area contributed by atoms with Gasteiger partial charge in [0.05, 0.1) is 24.2 Å². The molecule has 1 aliphatic heterocycles. The molecule has 9 heteroatoms. The lowest BCUT2D eigenvalue weighted by atomic mass is 9.97. The number of carbonyl (C=O) groups excluding carboxylic acids is 2. The number of nitrogens with zero attached hydrogens (tertiary/aromatic N) is 2. The van der Waals surface area contributed by atoms with E-state index in [4.69, 9.17) is 4.74 Å². The van der Waals surface area contributed by atoms with Gasteiger partial charge in [-0.25, -0.2) is 9.37 Å². The Balaban J connectivity index is 1.24. The van der Waals surface area contributed by atoms with Gasteiger partial charge in [-0.3, -0.25) is 9.59 Å². The molecule has 3 aliphatic rings. The molecule has 5 rings (SSSR count). The Labute approximate surface area is 196 Å². The van der Waals surface area contributed by atoms with Crippen LogP contribution in [-0.4, -0.2) is 42.0 Å². The molecule has 2 aromatic heterocycles. The number of hydrogen-bond acceptors (Lipinski definition) is 6. The average molecular weight is 473 g/mol. The third-order valence-corrected chi connectivity index (χ3v) is 7.63. The Hall–Kier alpha value is -2.68. The Morgan fingerprint density at radius 2 is 2.06 bits per heavy atom. The van der Waals surface area contributed by atoms with Crippen LogP contribution in [0.3, 0.4) is 0 Å². The quantitative estimate of drug-likeness (QED) is 0.613. The number of hydrogen-bond donors (Lipinski definition) is 2. The van der Waals surface area contributed by atoms with Gasteiger partial charge in [0.25, 0.3) is 5.91 Å². The molecule has 0 saturated heterocycles. The lowest BCUT2D eigenvalue weighted by Gasteiger charge is -2.29.